The van der Waals surface area contributed by atoms with Gasteiger partial charge in [0.1, 0.15) is 18.1 Å². The van der Waals surface area contributed by atoms with Gasteiger partial charge in [-0.1, -0.05) is 11.2 Å². The molecule has 27 heavy (non-hydrogen) atoms. The number of hydrogen-bond donors (Lipinski definition) is 1. The number of thiazole rings is 1. The van der Waals surface area contributed by atoms with Crippen molar-refractivity contribution in [1.82, 2.24) is 15.5 Å². The minimum Gasteiger partial charge on any atom is -0.497 e. The molecule has 0 aliphatic heterocycles. The van der Waals surface area contributed by atoms with E-state index in [-0.39, 0.29) is 24.2 Å². The van der Waals surface area contributed by atoms with Crippen molar-refractivity contribution in [3.63, 3.8) is 0 Å². The summed E-state index contributed by atoms with van der Waals surface area (Å²) in [5.74, 6) is 1.48. The second kappa shape index (κ2) is 8.22. The van der Waals surface area contributed by atoms with E-state index in [1.807, 2.05) is 39.0 Å². The highest BCUT2D eigenvalue weighted by Gasteiger charge is 2.19. The summed E-state index contributed by atoms with van der Waals surface area (Å²) in [5, 5.41) is 7.70. The van der Waals surface area contributed by atoms with Gasteiger partial charge in [0.05, 0.1) is 23.9 Å². The molecule has 1 amide bonds. The summed E-state index contributed by atoms with van der Waals surface area (Å²) in [6.07, 6.45) is 0. The maximum absolute atomic E-state index is 12.4. The first kappa shape index (κ1) is 18.9. The third kappa shape index (κ3) is 4.65. The molecule has 0 aliphatic carbocycles. The van der Waals surface area contributed by atoms with Gasteiger partial charge in [-0.2, -0.15) is 0 Å². The predicted molar refractivity (Wildman–Crippen MR) is 101 cm³/mol. The Morgan fingerprint density at radius 2 is 2.07 bits per heavy atom. The molecule has 8 heteroatoms. The van der Waals surface area contributed by atoms with Gasteiger partial charge in [0.25, 0.3) is 5.91 Å². The average Bonchev–Trinajstić information content (AvgIpc) is 3.26. The monoisotopic (exact) mass is 387 g/mol. The van der Waals surface area contributed by atoms with Crippen molar-refractivity contribution in [2.24, 2.45) is 0 Å². The minimum atomic E-state index is -0.316. The van der Waals surface area contributed by atoms with Gasteiger partial charge in [-0.05, 0) is 32.9 Å². The SMILES string of the molecule is COc1cccc(OCc2cc(C(=O)N[C@@H](C)c3nc(C)sc3C)no2)c1. The van der Waals surface area contributed by atoms with Gasteiger partial charge < -0.3 is 19.3 Å². The summed E-state index contributed by atoms with van der Waals surface area (Å²) in [6, 6.07) is 8.60. The molecule has 2 heterocycles. The largest absolute Gasteiger partial charge is 0.497 e. The zero-order valence-electron chi connectivity index (χ0n) is 15.6. The number of carbonyl (C=O) groups excluding carboxylic acids is 1. The fourth-order valence-electron chi connectivity index (χ4n) is 2.62. The number of amides is 1. The summed E-state index contributed by atoms with van der Waals surface area (Å²) >= 11 is 1.61. The normalized spacial score (nSPS) is 11.9. The van der Waals surface area contributed by atoms with E-state index in [0.717, 1.165) is 15.6 Å². The van der Waals surface area contributed by atoms with Gasteiger partial charge in [0.15, 0.2) is 11.5 Å². The van der Waals surface area contributed by atoms with Crippen LogP contribution >= 0.6 is 11.3 Å². The van der Waals surface area contributed by atoms with Crippen LogP contribution in [0.25, 0.3) is 0 Å². The van der Waals surface area contributed by atoms with Crippen LogP contribution in [0, 0.1) is 13.8 Å². The molecule has 0 fully saturated rings. The van der Waals surface area contributed by atoms with E-state index in [1.54, 1.807) is 30.6 Å². The Balaban J connectivity index is 1.59. The maximum atomic E-state index is 12.4. The van der Waals surface area contributed by atoms with E-state index >= 15 is 0 Å². The molecular formula is C19H21N3O4S. The number of nitrogens with one attached hydrogen (secondary N) is 1. The van der Waals surface area contributed by atoms with Crippen LogP contribution < -0.4 is 14.8 Å². The summed E-state index contributed by atoms with van der Waals surface area (Å²) in [4.78, 5) is 18.0. The number of methoxy groups -OCH3 is 1. The Labute approximate surface area is 161 Å². The molecule has 3 rings (SSSR count). The molecule has 1 aromatic carbocycles. The highest BCUT2D eigenvalue weighted by atomic mass is 32.1. The molecule has 0 saturated carbocycles. The molecule has 7 nitrogen and oxygen atoms in total. The lowest BCUT2D eigenvalue weighted by atomic mass is 10.2. The minimum absolute atomic E-state index is 0.160. The zero-order chi connectivity index (χ0) is 19.4. The molecule has 1 N–H and O–H groups in total. The van der Waals surface area contributed by atoms with Crippen LogP contribution in [0.15, 0.2) is 34.9 Å². The lowest BCUT2D eigenvalue weighted by Crippen LogP contribution is -2.27. The Morgan fingerprint density at radius 1 is 1.30 bits per heavy atom. The van der Waals surface area contributed by atoms with E-state index in [1.165, 1.54) is 0 Å². The lowest BCUT2D eigenvalue weighted by molar-refractivity contribution is 0.0929. The molecule has 142 valence electrons. The van der Waals surface area contributed by atoms with Gasteiger partial charge in [-0.25, -0.2) is 4.98 Å². The zero-order valence-corrected chi connectivity index (χ0v) is 16.4. The molecule has 0 bridgehead atoms. The molecule has 2 aromatic heterocycles. The van der Waals surface area contributed by atoms with Gasteiger partial charge >= 0.3 is 0 Å². The van der Waals surface area contributed by atoms with E-state index in [0.29, 0.717) is 17.3 Å². The van der Waals surface area contributed by atoms with Crippen LogP contribution in [0.4, 0.5) is 0 Å². The second-order valence-corrected chi connectivity index (χ2v) is 7.42. The number of benzene rings is 1. The Bertz CT molecular complexity index is 935. The van der Waals surface area contributed by atoms with E-state index in [9.17, 15) is 4.79 Å². The number of nitrogens with zero attached hydrogens (tertiary/aromatic N) is 2. The Hall–Kier alpha value is -2.87. The summed E-state index contributed by atoms with van der Waals surface area (Å²) in [7, 11) is 1.59. The smallest absolute Gasteiger partial charge is 0.274 e. The molecule has 3 aromatic rings. The maximum Gasteiger partial charge on any atom is 0.274 e. The fraction of sp³-hybridized carbons (Fsp3) is 0.316. The quantitative estimate of drug-likeness (QED) is 0.663. The van der Waals surface area contributed by atoms with Crippen LogP contribution in [-0.4, -0.2) is 23.2 Å². The topological polar surface area (TPSA) is 86.5 Å². The van der Waals surface area contributed by atoms with E-state index in [2.05, 4.69) is 15.5 Å². The first-order valence-corrected chi connectivity index (χ1v) is 9.25. The number of aromatic nitrogens is 2. The van der Waals surface area contributed by atoms with Gasteiger partial charge in [-0.15, -0.1) is 11.3 Å². The van der Waals surface area contributed by atoms with Crippen molar-refractivity contribution in [2.45, 2.75) is 33.4 Å². The molecule has 0 aliphatic rings. The van der Waals surface area contributed by atoms with Gasteiger partial charge in [0, 0.05) is 17.0 Å². The number of rotatable bonds is 7. The number of hydrogen-bond acceptors (Lipinski definition) is 7. The first-order chi connectivity index (χ1) is 13.0. The van der Waals surface area contributed by atoms with Crippen molar-refractivity contribution < 1.29 is 18.8 Å². The molecule has 0 spiro atoms. The lowest BCUT2D eigenvalue weighted by Gasteiger charge is -2.11. The van der Waals surface area contributed by atoms with Crippen molar-refractivity contribution in [3.8, 4) is 11.5 Å². The van der Waals surface area contributed by atoms with Crippen LogP contribution in [-0.2, 0) is 6.61 Å². The van der Waals surface area contributed by atoms with Crippen molar-refractivity contribution in [1.29, 1.82) is 0 Å². The summed E-state index contributed by atoms with van der Waals surface area (Å²) < 4.78 is 16.0. The third-order valence-corrected chi connectivity index (χ3v) is 4.81. The van der Waals surface area contributed by atoms with E-state index < -0.39 is 0 Å². The molecule has 0 radical (unpaired) electrons. The third-order valence-electron chi connectivity index (χ3n) is 3.91. The summed E-state index contributed by atoms with van der Waals surface area (Å²) in [5.41, 5.74) is 1.08. The first-order valence-electron chi connectivity index (χ1n) is 8.43. The fourth-order valence-corrected chi connectivity index (χ4v) is 3.53. The van der Waals surface area contributed by atoms with Gasteiger partial charge in [0.2, 0.25) is 0 Å². The highest BCUT2D eigenvalue weighted by molar-refractivity contribution is 7.11. The number of carbonyl (C=O) groups is 1. The Morgan fingerprint density at radius 3 is 2.78 bits per heavy atom. The highest BCUT2D eigenvalue weighted by Crippen LogP contribution is 2.23. The number of aryl methyl sites for hydroxylation is 2. The number of ether oxygens (including phenoxy) is 2. The van der Waals surface area contributed by atoms with Crippen molar-refractivity contribution >= 4 is 17.2 Å². The van der Waals surface area contributed by atoms with Crippen LogP contribution in [0.2, 0.25) is 0 Å². The predicted octanol–water partition coefficient (Wildman–Crippen LogP) is 3.83. The standard InChI is InChI=1S/C19H21N3O4S/c1-11(18-12(2)27-13(3)21-18)20-19(23)17-9-16(26-22-17)10-25-15-7-5-6-14(8-15)24-4/h5-9,11H,10H2,1-4H3,(H,20,23)/t11-/m0/s1. The van der Waals surface area contributed by atoms with Crippen LogP contribution in [0.1, 0.15) is 44.8 Å². The summed E-state index contributed by atoms with van der Waals surface area (Å²) in [6.45, 7) is 5.99. The van der Waals surface area contributed by atoms with Crippen LogP contribution in [0.5, 0.6) is 11.5 Å². The van der Waals surface area contributed by atoms with E-state index in [4.69, 9.17) is 14.0 Å². The van der Waals surface area contributed by atoms with Crippen molar-refractivity contribution in [3.05, 3.63) is 57.4 Å². The van der Waals surface area contributed by atoms with Crippen molar-refractivity contribution in [2.75, 3.05) is 7.11 Å². The van der Waals surface area contributed by atoms with Gasteiger partial charge in [-0.3, -0.25) is 4.79 Å². The average molecular weight is 387 g/mol. The molecule has 1 atom stereocenters. The molecular weight excluding hydrogens is 366 g/mol. The van der Waals surface area contributed by atoms with Crippen LogP contribution in [0.3, 0.4) is 0 Å². The molecule has 0 unspecified atom stereocenters. The second-order valence-electron chi connectivity index (χ2n) is 6.02. The molecule has 0 saturated heterocycles. The Kier molecular flexibility index (Phi) is 5.75.